The fourth-order valence-electron chi connectivity index (χ4n) is 5.58. The predicted octanol–water partition coefficient (Wildman–Crippen LogP) is 1.21. The summed E-state index contributed by atoms with van der Waals surface area (Å²) in [6, 6.07) is -0.592. The van der Waals surface area contributed by atoms with Crippen LogP contribution in [0.5, 0.6) is 0 Å². The van der Waals surface area contributed by atoms with Gasteiger partial charge in [0.25, 0.3) is 0 Å². The maximum absolute atomic E-state index is 13.1. The predicted molar refractivity (Wildman–Crippen MR) is 94.5 cm³/mol. The third kappa shape index (κ3) is 3.67. The Morgan fingerprint density at radius 2 is 1.52 bits per heavy atom. The lowest BCUT2D eigenvalue weighted by molar-refractivity contribution is -0.149. The Balaban J connectivity index is 1.65. The molecule has 0 spiro atoms. The van der Waals surface area contributed by atoms with E-state index in [9.17, 15) is 14.4 Å². The lowest BCUT2D eigenvalue weighted by Crippen LogP contribution is -2.58. The third-order valence-electron chi connectivity index (χ3n) is 6.46. The molecule has 3 N–H and O–H groups in total. The van der Waals surface area contributed by atoms with Crippen LogP contribution in [0.15, 0.2) is 0 Å². The van der Waals surface area contributed by atoms with Crippen LogP contribution in [0.4, 0.5) is 0 Å². The summed E-state index contributed by atoms with van der Waals surface area (Å²) in [6.45, 7) is 3.78. The van der Waals surface area contributed by atoms with Gasteiger partial charge in [-0.15, -0.1) is 0 Å². The van der Waals surface area contributed by atoms with Crippen molar-refractivity contribution in [2.24, 2.45) is 29.1 Å². The largest absolute Gasteiger partial charge is 0.358 e. The summed E-state index contributed by atoms with van der Waals surface area (Å²) in [5, 5.41) is 8.14. The number of carbonyl (C=O) groups is 3. The van der Waals surface area contributed by atoms with Crippen LogP contribution in [0, 0.1) is 29.1 Å². The maximum atomic E-state index is 13.1. The molecular formula is C19H31N3O3. The van der Waals surface area contributed by atoms with E-state index < -0.39 is 6.04 Å². The van der Waals surface area contributed by atoms with Crippen LogP contribution in [0.25, 0.3) is 0 Å². The molecule has 0 aromatic heterocycles. The lowest BCUT2D eigenvalue weighted by atomic mass is 9.49. The zero-order valence-electron chi connectivity index (χ0n) is 15.6. The van der Waals surface area contributed by atoms with E-state index in [2.05, 4.69) is 16.0 Å². The Morgan fingerprint density at radius 3 is 1.96 bits per heavy atom. The Hall–Kier alpha value is -1.59. The van der Waals surface area contributed by atoms with Crippen molar-refractivity contribution < 1.29 is 14.4 Å². The summed E-state index contributed by atoms with van der Waals surface area (Å²) >= 11 is 0. The summed E-state index contributed by atoms with van der Waals surface area (Å²) in [4.78, 5) is 36.9. The zero-order chi connectivity index (χ0) is 18.2. The topological polar surface area (TPSA) is 87.3 Å². The Morgan fingerprint density at radius 1 is 1.00 bits per heavy atom. The van der Waals surface area contributed by atoms with Gasteiger partial charge in [0, 0.05) is 12.5 Å². The molecule has 4 bridgehead atoms. The molecule has 3 amide bonds. The van der Waals surface area contributed by atoms with Crippen molar-refractivity contribution in [3.63, 3.8) is 0 Å². The molecule has 0 radical (unpaired) electrons. The van der Waals surface area contributed by atoms with Crippen LogP contribution in [0.1, 0.15) is 52.4 Å². The normalized spacial score (nSPS) is 33.8. The zero-order valence-corrected chi connectivity index (χ0v) is 15.6. The van der Waals surface area contributed by atoms with Crippen LogP contribution >= 0.6 is 0 Å². The molecule has 4 saturated carbocycles. The number of nitrogens with one attached hydrogen (secondary N) is 3. The highest BCUT2D eigenvalue weighted by molar-refractivity contribution is 5.92. The van der Waals surface area contributed by atoms with Gasteiger partial charge < -0.3 is 16.0 Å². The Bertz CT molecular complexity index is 523. The van der Waals surface area contributed by atoms with E-state index in [4.69, 9.17) is 0 Å². The monoisotopic (exact) mass is 349 g/mol. The first-order valence-electron chi connectivity index (χ1n) is 9.62. The highest BCUT2D eigenvalue weighted by Crippen LogP contribution is 2.60. The summed E-state index contributed by atoms with van der Waals surface area (Å²) in [7, 11) is 1.53. The Kier molecular flexibility index (Phi) is 5.07. The van der Waals surface area contributed by atoms with Gasteiger partial charge in [0.15, 0.2) is 0 Å². The maximum Gasteiger partial charge on any atom is 0.243 e. The number of rotatable bonds is 6. The second-order valence-corrected chi connectivity index (χ2v) is 8.78. The molecule has 4 rings (SSSR count). The van der Waals surface area contributed by atoms with Crippen LogP contribution in [0.3, 0.4) is 0 Å². The lowest BCUT2D eigenvalue weighted by Gasteiger charge is -2.55. The van der Waals surface area contributed by atoms with Gasteiger partial charge in [-0.3, -0.25) is 14.4 Å². The number of amides is 3. The van der Waals surface area contributed by atoms with Gasteiger partial charge in [-0.2, -0.15) is 0 Å². The average Bonchev–Trinajstić information content (AvgIpc) is 2.55. The smallest absolute Gasteiger partial charge is 0.243 e. The minimum absolute atomic E-state index is 0.0254. The SMILES string of the molecule is CNC(=O)CNC(=O)C(NC(=O)C12CC3CC(CC(C3)C1)C2)C(C)C. The molecule has 0 heterocycles. The second-order valence-electron chi connectivity index (χ2n) is 8.78. The van der Waals surface area contributed by atoms with Gasteiger partial charge in [0.05, 0.1) is 6.54 Å². The van der Waals surface area contributed by atoms with Crippen molar-refractivity contribution in [1.29, 1.82) is 0 Å². The highest BCUT2D eigenvalue weighted by atomic mass is 16.2. The van der Waals surface area contributed by atoms with Crippen molar-refractivity contribution in [2.45, 2.75) is 58.4 Å². The first-order chi connectivity index (χ1) is 11.8. The molecule has 4 fully saturated rings. The van der Waals surface area contributed by atoms with E-state index in [0.717, 1.165) is 19.3 Å². The molecule has 1 atom stereocenters. The molecule has 0 aromatic rings. The van der Waals surface area contributed by atoms with E-state index in [1.54, 1.807) is 0 Å². The van der Waals surface area contributed by atoms with Crippen LogP contribution in [-0.2, 0) is 14.4 Å². The molecule has 0 saturated heterocycles. The Labute approximate surface area is 149 Å². The van der Waals surface area contributed by atoms with E-state index in [-0.39, 0.29) is 35.6 Å². The number of hydrogen-bond donors (Lipinski definition) is 3. The van der Waals surface area contributed by atoms with Gasteiger partial charge in [0.1, 0.15) is 6.04 Å². The summed E-state index contributed by atoms with van der Waals surface area (Å²) in [5.74, 6) is 1.58. The molecule has 0 aromatic carbocycles. The van der Waals surface area contributed by atoms with Crippen LogP contribution < -0.4 is 16.0 Å². The van der Waals surface area contributed by atoms with Gasteiger partial charge in [0.2, 0.25) is 17.7 Å². The molecule has 6 heteroatoms. The highest BCUT2D eigenvalue weighted by Gasteiger charge is 2.55. The minimum Gasteiger partial charge on any atom is -0.358 e. The van der Waals surface area contributed by atoms with E-state index in [1.165, 1.54) is 26.3 Å². The second kappa shape index (κ2) is 6.96. The first kappa shape index (κ1) is 18.2. The van der Waals surface area contributed by atoms with E-state index >= 15 is 0 Å². The van der Waals surface area contributed by atoms with E-state index in [1.807, 2.05) is 13.8 Å². The van der Waals surface area contributed by atoms with Crippen LogP contribution in [-0.4, -0.2) is 37.4 Å². The van der Waals surface area contributed by atoms with Crippen molar-refractivity contribution in [2.75, 3.05) is 13.6 Å². The fourth-order valence-corrected chi connectivity index (χ4v) is 5.58. The van der Waals surface area contributed by atoms with Crippen molar-refractivity contribution in [3.8, 4) is 0 Å². The third-order valence-corrected chi connectivity index (χ3v) is 6.46. The van der Waals surface area contributed by atoms with Crippen molar-refractivity contribution in [1.82, 2.24) is 16.0 Å². The summed E-state index contributed by atoms with van der Waals surface area (Å²) < 4.78 is 0. The standard InChI is InChI=1S/C19H31N3O3/c1-11(2)16(17(24)21-10-15(23)20-3)22-18(25)19-7-12-4-13(8-19)6-14(5-12)9-19/h11-14,16H,4-10H2,1-3H3,(H,20,23)(H,21,24)(H,22,25). The minimum atomic E-state index is -0.592. The van der Waals surface area contributed by atoms with Gasteiger partial charge in [-0.25, -0.2) is 0 Å². The van der Waals surface area contributed by atoms with Gasteiger partial charge >= 0.3 is 0 Å². The molecule has 140 valence electrons. The number of likely N-dealkylation sites (N-methyl/N-ethyl adjacent to an activating group) is 1. The van der Waals surface area contributed by atoms with Crippen LogP contribution in [0.2, 0.25) is 0 Å². The van der Waals surface area contributed by atoms with Gasteiger partial charge in [-0.1, -0.05) is 13.8 Å². The molecule has 4 aliphatic rings. The molecule has 4 aliphatic carbocycles. The molecule has 6 nitrogen and oxygen atoms in total. The quantitative estimate of drug-likeness (QED) is 0.673. The summed E-state index contributed by atoms with van der Waals surface area (Å²) in [5.41, 5.74) is -0.261. The molecule has 1 unspecified atom stereocenters. The van der Waals surface area contributed by atoms with E-state index in [0.29, 0.717) is 17.8 Å². The average molecular weight is 349 g/mol. The summed E-state index contributed by atoms with van der Waals surface area (Å²) in [6.07, 6.45) is 6.80. The molecule has 0 aliphatic heterocycles. The number of hydrogen-bond acceptors (Lipinski definition) is 3. The van der Waals surface area contributed by atoms with Gasteiger partial charge in [-0.05, 0) is 62.2 Å². The molecular weight excluding hydrogens is 318 g/mol. The fraction of sp³-hybridized carbons (Fsp3) is 0.842. The van der Waals surface area contributed by atoms with Crippen molar-refractivity contribution in [3.05, 3.63) is 0 Å². The molecule has 25 heavy (non-hydrogen) atoms. The first-order valence-corrected chi connectivity index (χ1v) is 9.62. The van der Waals surface area contributed by atoms with Crippen molar-refractivity contribution >= 4 is 17.7 Å². The number of carbonyl (C=O) groups excluding carboxylic acids is 3.